The van der Waals surface area contributed by atoms with E-state index in [0.717, 1.165) is 78.3 Å². The van der Waals surface area contributed by atoms with Crippen LogP contribution in [0.25, 0.3) is 185 Å². The number of hydrogen-bond donors (Lipinski definition) is 0. The molecule has 0 unspecified atom stereocenters. The molecule has 0 saturated carbocycles. The lowest BCUT2D eigenvalue weighted by Crippen LogP contribution is -2.16. The van der Waals surface area contributed by atoms with Crippen LogP contribution in [0.2, 0.25) is 0 Å². The average molecular weight is 1950 g/mol. The zero-order valence-corrected chi connectivity index (χ0v) is 84.8. The Labute approximate surface area is 870 Å². The van der Waals surface area contributed by atoms with Gasteiger partial charge in [0.05, 0.1) is 26.9 Å². The number of furan rings is 1. The molecular formula is C141H99N3O3S2. The van der Waals surface area contributed by atoms with Crippen molar-refractivity contribution in [2.75, 3.05) is 14.7 Å². The fourth-order valence-corrected chi connectivity index (χ4v) is 27.6. The molecule has 3 aliphatic carbocycles. The summed E-state index contributed by atoms with van der Waals surface area (Å²) in [5.74, 6) is 0. The predicted octanol–water partition coefficient (Wildman–Crippen LogP) is 39.4. The molecule has 6 nitrogen and oxygen atoms in total. The fourth-order valence-electron chi connectivity index (χ4n) is 24.9. The van der Waals surface area contributed by atoms with E-state index in [1.807, 2.05) is 47.7 Å². The molecule has 1 aliphatic heterocycles. The largest absolute Gasteiger partial charge is 0.456 e. The Kier molecular flexibility index (Phi) is 20.5. The maximum Gasteiger partial charge on any atom is 0.207 e. The van der Waals surface area contributed by atoms with Gasteiger partial charge in [0.15, 0.2) is 0 Å². The summed E-state index contributed by atoms with van der Waals surface area (Å²) in [5, 5.41) is 19.8. The first-order chi connectivity index (χ1) is 72.9. The van der Waals surface area contributed by atoms with Gasteiger partial charge in [-0.25, -0.2) is 8.42 Å². The second kappa shape index (κ2) is 34.4. The Hall–Kier alpha value is -17.8. The number of nitrogens with zero attached hydrogens (tertiary/aromatic N) is 3. The fraction of sp³-hybridized carbons (Fsp3) is 0.0638. The van der Waals surface area contributed by atoms with Crippen LogP contribution in [0.4, 0.5) is 51.2 Å². The third-order valence-electron chi connectivity index (χ3n) is 32.3. The molecule has 8 heteroatoms. The zero-order valence-electron chi connectivity index (χ0n) is 83.1. The second-order valence-corrected chi connectivity index (χ2v) is 44.6. The summed E-state index contributed by atoms with van der Waals surface area (Å²) in [4.78, 5) is 8.06. The van der Waals surface area contributed by atoms with Gasteiger partial charge in [0.25, 0.3) is 0 Å². The van der Waals surface area contributed by atoms with Crippen molar-refractivity contribution in [2.45, 2.75) is 67.6 Å². The number of thiophene rings is 1. The van der Waals surface area contributed by atoms with Crippen LogP contribution >= 0.6 is 11.3 Å². The van der Waals surface area contributed by atoms with Crippen LogP contribution in [-0.4, -0.2) is 8.42 Å². The quantitative estimate of drug-likeness (QED) is 0.114. The normalized spacial score (nSPS) is 13.7. The Bertz CT molecular complexity index is 9810. The first-order valence-electron chi connectivity index (χ1n) is 51.4. The first kappa shape index (κ1) is 88.9. The molecule has 149 heavy (non-hydrogen) atoms. The van der Waals surface area contributed by atoms with E-state index in [1.165, 1.54) is 191 Å². The molecule has 0 atom stereocenters. The summed E-state index contributed by atoms with van der Waals surface area (Å²) < 4.78 is 35.3. The number of fused-ring (bicyclic) bond motifs is 27. The lowest BCUT2D eigenvalue weighted by Gasteiger charge is -2.29. The SMILES string of the molecule is CC1(C)c2ccccc2-c2ccc(N(c3ccc(-c4ccc5c(c4)-c4ccccc4S5(=O)=O)cc3)c3cc4ccccc4c4ccccc34)cc21.CC1(C)c2ccccc2-c2ccc(N(c3ccc(-c4ccc5oc6ccccc6c5c4)cc3)c3cc4ccccc4c4ccccc34)cc21.CC1(C)c2ccccc2-c2ccc(N(c3ccc(-c4ccc5sc6ccccc6c5c4)cc3)c3cc4ccccc4c4ccccc34)cc21. The van der Waals surface area contributed by atoms with E-state index in [4.69, 9.17) is 4.42 Å². The van der Waals surface area contributed by atoms with Crippen LogP contribution < -0.4 is 14.7 Å². The highest BCUT2D eigenvalue weighted by Gasteiger charge is 2.41. The minimum Gasteiger partial charge on any atom is -0.456 e. The average Bonchev–Trinajstić information content (AvgIpc) is 1.19. The van der Waals surface area contributed by atoms with Gasteiger partial charge >= 0.3 is 0 Å². The summed E-state index contributed by atoms with van der Waals surface area (Å²) in [6.45, 7) is 14.1. The topological polar surface area (TPSA) is 57.0 Å². The van der Waals surface area contributed by atoms with E-state index in [0.29, 0.717) is 9.79 Å². The molecule has 24 aromatic carbocycles. The summed E-state index contributed by atoms with van der Waals surface area (Å²) in [6.07, 6.45) is 0. The van der Waals surface area contributed by atoms with Gasteiger partial charge in [-0.2, -0.15) is 0 Å². The van der Waals surface area contributed by atoms with Crippen LogP contribution in [0.1, 0.15) is 74.9 Å². The molecule has 3 heterocycles. The summed E-state index contributed by atoms with van der Waals surface area (Å²) in [7, 11) is -3.51. The van der Waals surface area contributed by atoms with Crippen molar-refractivity contribution in [3.05, 3.63) is 525 Å². The highest BCUT2D eigenvalue weighted by Crippen LogP contribution is 2.58. The number of hydrogen-bond acceptors (Lipinski definition) is 7. The molecule has 4 aliphatic rings. The predicted molar refractivity (Wildman–Crippen MR) is 628 cm³/mol. The van der Waals surface area contributed by atoms with Gasteiger partial charge in [-0.1, -0.05) is 387 Å². The molecule has 0 amide bonds. The van der Waals surface area contributed by atoms with E-state index in [1.54, 1.807) is 18.2 Å². The molecule has 2 aromatic heterocycles. The third-order valence-corrected chi connectivity index (χ3v) is 35.3. The lowest BCUT2D eigenvalue weighted by molar-refractivity contribution is 0.598. The number of rotatable bonds is 12. The van der Waals surface area contributed by atoms with Crippen molar-refractivity contribution >= 4 is 179 Å². The molecule has 0 N–H and O–H groups in total. The first-order valence-corrected chi connectivity index (χ1v) is 53.7. The van der Waals surface area contributed by atoms with Crippen molar-refractivity contribution in [1.29, 1.82) is 0 Å². The van der Waals surface area contributed by atoms with E-state index in [2.05, 4.69) is 493 Å². The standard InChI is InChI=1S/C47H33NO2S.C47H33NO.C47H33NS/c1-47(2)42-17-9-7-14-37(42)38-25-24-34(29-43(38)47)48(44-28-32-11-3-4-12-35(32)36-13-5-6-15-39(36)44)33-22-19-30(20-23-33)31-21-26-46-41(27-31)40-16-8-10-18-45(40)51(46,49)50;2*1-47(2)42-17-9-7-14-37(42)38-25-24-34(29-43(38)47)48(44-28-32-11-3-4-12-35(32)36-13-5-6-15-39(36)44)33-22-19-30(20-23-33)31-21-26-46-41(27-31)40-16-8-10-18-45(40)49-46/h3-29H,1-2H3;2*3-29H,1-2H3. The van der Waals surface area contributed by atoms with Crippen molar-refractivity contribution in [1.82, 2.24) is 0 Å². The highest BCUT2D eigenvalue weighted by molar-refractivity contribution is 7.92. The van der Waals surface area contributed by atoms with Gasteiger partial charge in [-0.15, -0.1) is 11.3 Å². The van der Waals surface area contributed by atoms with Crippen molar-refractivity contribution < 1.29 is 12.8 Å². The molecule has 30 rings (SSSR count). The number of para-hydroxylation sites is 1. The van der Waals surface area contributed by atoms with Crippen LogP contribution in [0.5, 0.6) is 0 Å². The molecule has 0 fully saturated rings. The molecule has 708 valence electrons. The van der Waals surface area contributed by atoms with Crippen molar-refractivity contribution in [2.24, 2.45) is 0 Å². The van der Waals surface area contributed by atoms with E-state index in [9.17, 15) is 8.42 Å². The Morgan fingerprint density at radius 3 is 0.926 bits per heavy atom. The maximum absolute atomic E-state index is 13.3. The Morgan fingerprint density at radius 1 is 0.195 bits per heavy atom. The van der Waals surface area contributed by atoms with Gasteiger partial charge in [0.2, 0.25) is 9.84 Å². The molecular weight excluding hydrogens is 1850 g/mol. The Morgan fingerprint density at radius 2 is 0.490 bits per heavy atom. The van der Waals surface area contributed by atoms with Crippen LogP contribution in [0.3, 0.4) is 0 Å². The summed E-state index contributed by atoms with van der Waals surface area (Å²) in [5.41, 5.74) is 36.1. The van der Waals surface area contributed by atoms with Gasteiger partial charge < -0.3 is 19.1 Å². The number of benzene rings is 24. The molecule has 0 saturated heterocycles. The highest BCUT2D eigenvalue weighted by atomic mass is 32.2. The van der Waals surface area contributed by atoms with Crippen LogP contribution in [0, 0.1) is 0 Å². The zero-order chi connectivity index (χ0) is 99.9. The summed E-state index contributed by atoms with van der Waals surface area (Å²) >= 11 is 1.87. The molecule has 0 bridgehead atoms. The smallest absolute Gasteiger partial charge is 0.207 e. The van der Waals surface area contributed by atoms with Gasteiger partial charge in [0, 0.05) is 109 Å². The van der Waals surface area contributed by atoms with Crippen LogP contribution in [-0.2, 0) is 26.1 Å². The van der Waals surface area contributed by atoms with Gasteiger partial charge in [-0.3, -0.25) is 0 Å². The minimum absolute atomic E-state index is 0.0899. The van der Waals surface area contributed by atoms with Gasteiger partial charge in [-0.05, 0) is 294 Å². The van der Waals surface area contributed by atoms with E-state index < -0.39 is 9.84 Å². The van der Waals surface area contributed by atoms with E-state index in [-0.39, 0.29) is 16.2 Å². The number of anilines is 9. The molecule has 26 aromatic rings. The van der Waals surface area contributed by atoms with Gasteiger partial charge in [0.1, 0.15) is 11.2 Å². The lowest BCUT2D eigenvalue weighted by atomic mass is 9.82. The van der Waals surface area contributed by atoms with Crippen molar-refractivity contribution in [3.8, 4) is 77.9 Å². The second-order valence-electron chi connectivity index (χ2n) is 41.7. The minimum atomic E-state index is -3.51. The van der Waals surface area contributed by atoms with E-state index >= 15 is 0 Å². The third kappa shape index (κ3) is 14.3. The van der Waals surface area contributed by atoms with Crippen molar-refractivity contribution in [3.63, 3.8) is 0 Å². The van der Waals surface area contributed by atoms with Crippen LogP contribution in [0.15, 0.2) is 506 Å². The Balaban J connectivity index is 0.000000108. The molecule has 0 spiro atoms. The summed E-state index contributed by atoms with van der Waals surface area (Å²) in [6, 6.07) is 177. The molecule has 0 radical (unpaired) electrons. The number of sulfone groups is 1. The maximum atomic E-state index is 13.3. The monoisotopic (exact) mass is 1950 g/mol.